The van der Waals surface area contributed by atoms with Crippen molar-refractivity contribution in [3.63, 3.8) is 0 Å². The number of nitrogens with one attached hydrogen (secondary N) is 2. The van der Waals surface area contributed by atoms with Gasteiger partial charge in [-0.3, -0.25) is 9.59 Å². The van der Waals surface area contributed by atoms with E-state index in [0.29, 0.717) is 36.2 Å². The molecule has 1 aromatic carbocycles. The number of nitrogens with zero attached hydrogens (tertiary/aromatic N) is 1. The molecule has 4 N–H and O–H groups in total. The minimum atomic E-state index is -0.370. The third kappa shape index (κ3) is 3.66. The van der Waals surface area contributed by atoms with Gasteiger partial charge in [-0.2, -0.15) is 0 Å². The van der Waals surface area contributed by atoms with Crippen molar-refractivity contribution in [3.8, 4) is 0 Å². The SMILES string of the molecule is Cc1c(C(=O)NCCN2CCCC(C(N)=O)C2)[nH]c2c(F)cccc12. The molecule has 1 unspecified atom stereocenters. The molecule has 6 nitrogen and oxygen atoms in total. The molecule has 1 aliphatic heterocycles. The van der Waals surface area contributed by atoms with E-state index in [1.165, 1.54) is 6.07 Å². The average molecular weight is 346 g/mol. The van der Waals surface area contributed by atoms with Gasteiger partial charge in [-0.1, -0.05) is 12.1 Å². The van der Waals surface area contributed by atoms with E-state index in [1.54, 1.807) is 19.1 Å². The van der Waals surface area contributed by atoms with Crippen molar-refractivity contribution in [3.05, 3.63) is 35.3 Å². The van der Waals surface area contributed by atoms with Crippen molar-refractivity contribution in [2.75, 3.05) is 26.2 Å². The number of H-pyrrole nitrogens is 1. The molecular formula is C18H23FN4O2. The van der Waals surface area contributed by atoms with Gasteiger partial charge >= 0.3 is 0 Å². The number of primary amides is 1. The van der Waals surface area contributed by atoms with E-state index in [-0.39, 0.29) is 23.5 Å². The van der Waals surface area contributed by atoms with Crippen LogP contribution in [0.15, 0.2) is 18.2 Å². The molecule has 134 valence electrons. The highest BCUT2D eigenvalue weighted by Crippen LogP contribution is 2.23. The van der Waals surface area contributed by atoms with Gasteiger partial charge in [0.1, 0.15) is 11.5 Å². The molecule has 1 fully saturated rings. The maximum absolute atomic E-state index is 13.8. The Morgan fingerprint density at radius 3 is 2.96 bits per heavy atom. The lowest BCUT2D eigenvalue weighted by Crippen LogP contribution is -2.44. The number of para-hydroxylation sites is 1. The Morgan fingerprint density at radius 1 is 1.44 bits per heavy atom. The predicted molar refractivity (Wildman–Crippen MR) is 93.7 cm³/mol. The van der Waals surface area contributed by atoms with Gasteiger partial charge in [0.15, 0.2) is 0 Å². The first kappa shape index (κ1) is 17.4. The number of carbonyl (C=O) groups excluding carboxylic acids is 2. The Morgan fingerprint density at radius 2 is 2.24 bits per heavy atom. The molecule has 3 rings (SSSR count). The van der Waals surface area contributed by atoms with Crippen molar-refractivity contribution in [2.24, 2.45) is 11.7 Å². The van der Waals surface area contributed by atoms with Crippen LogP contribution in [0.3, 0.4) is 0 Å². The summed E-state index contributed by atoms with van der Waals surface area (Å²) in [7, 11) is 0. The van der Waals surface area contributed by atoms with E-state index in [2.05, 4.69) is 15.2 Å². The molecule has 0 bridgehead atoms. The number of nitrogens with two attached hydrogens (primary N) is 1. The number of rotatable bonds is 5. The largest absolute Gasteiger partial charge is 0.369 e. The molecule has 2 amide bonds. The van der Waals surface area contributed by atoms with Crippen LogP contribution >= 0.6 is 0 Å². The number of carbonyl (C=O) groups is 2. The molecule has 0 radical (unpaired) electrons. The van der Waals surface area contributed by atoms with Crippen LogP contribution in [-0.2, 0) is 4.79 Å². The first-order valence-electron chi connectivity index (χ1n) is 8.54. The number of hydrogen-bond donors (Lipinski definition) is 3. The van der Waals surface area contributed by atoms with Crippen LogP contribution in [0.2, 0.25) is 0 Å². The van der Waals surface area contributed by atoms with E-state index in [4.69, 9.17) is 5.73 Å². The second-order valence-corrected chi connectivity index (χ2v) is 6.59. The standard InChI is InChI=1S/C18H23FN4O2/c1-11-13-5-2-6-14(19)16(13)22-15(11)18(25)21-7-9-23-8-3-4-12(10-23)17(20)24/h2,5-6,12,22H,3-4,7-10H2,1H3,(H2,20,24)(H,21,25). The monoisotopic (exact) mass is 346 g/mol. The van der Waals surface area contributed by atoms with Gasteiger partial charge in [0.05, 0.1) is 11.4 Å². The fraction of sp³-hybridized carbons (Fsp3) is 0.444. The normalized spacial score (nSPS) is 18.4. The van der Waals surface area contributed by atoms with Crippen LogP contribution in [0.25, 0.3) is 10.9 Å². The molecule has 0 saturated carbocycles. The molecule has 1 saturated heterocycles. The zero-order chi connectivity index (χ0) is 18.0. The van der Waals surface area contributed by atoms with Crippen LogP contribution in [-0.4, -0.2) is 47.9 Å². The molecule has 1 aromatic heterocycles. The topological polar surface area (TPSA) is 91.2 Å². The third-order valence-corrected chi connectivity index (χ3v) is 4.89. The molecular weight excluding hydrogens is 323 g/mol. The van der Waals surface area contributed by atoms with Crippen molar-refractivity contribution < 1.29 is 14.0 Å². The maximum Gasteiger partial charge on any atom is 0.268 e. The lowest BCUT2D eigenvalue weighted by molar-refractivity contribution is -0.123. The zero-order valence-electron chi connectivity index (χ0n) is 14.3. The Hall–Kier alpha value is -2.41. The number of halogens is 1. The van der Waals surface area contributed by atoms with Gasteiger partial charge in [0.25, 0.3) is 5.91 Å². The summed E-state index contributed by atoms with van der Waals surface area (Å²) >= 11 is 0. The number of aromatic nitrogens is 1. The Balaban J connectivity index is 1.59. The van der Waals surface area contributed by atoms with E-state index in [0.717, 1.165) is 24.9 Å². The fourth-order valence-electron chi connectivity index (χ4n) is 3.45. The molecule has 25 heavy (non-hydrogen) atoms. The van der Waals surface area contributed by atoms with Gasteiger partial charge in [-0.05, 0) is 37.9 Å². The molecule has 0 spiro atoms. The lowest BCUT2D eigenvalue weighted by Gasteiger charge is -2.31. The van der Waals surface area contributed by atoms with Crippen molar-refractivity contribution >= 4 is 22.7 Å². The van der Waals surface area contributed by atoms with Gasteiger partial charge < -0.3 is 20.9 Å². The summed E-state index contributed by atoms with van der Waals surface area (Å²) in [6.07, 6.45) is 1.76. The van der Waals surface area contributed by atoms with Crippen LogP contribution < -0.4 is 11.1 Å². The number of piperidine rings is 1. The first-order valence-corrected chi connectivity index (χ1v) is 8.54. The quantitative estimate of drug-likeness (QED) is 0.767. The van der Waals surface area contributed by atoms with Crippen LogP contribution in [0.4, 0.5) is 4.39 Å². The summed E-state index contributed by atoms with van der Waals surface area (Å²) in [6.45, 7) is 4.46. The Bertz CT molecular complexity index is 802. The van der Waals surface area contributed by atoms with Crippen molar-refractivity contribution in [1.82, 2.24) is 15.2 Å². The highest BCUT2D eigenvalue weighted by Gasteiger charge is 2.24. The first-order chi connectivity index (χ1) is 12.0. The lowest BCUT2D eigenvalue weighted by atomic mass is 9.97. The smallest absolute Gasteiger partial charge is 0.268 e. The summed E-state index contributed by atoms with van der Waals surface area (Å²) in [5.41, 5.74) is 6.85. The molecule has 7 heteroatoms. The Kier molecular flexibility index (Phi) is 5.03. The maximum atomic E-state index is 13.8. The number of amides is 2. The predicted octanol–water partition coefficient (Wildman–Crippen LogP) is 1.54. The van der Waals surface area contributed by atoms with E-state index in [1.807, 2.05) is 0 Å². The molecule has 2 aromatic rings. The molecule has 2 heterocycles. The second kappa shape index (κ2) is 7.23. The summed E-state index contributed by atoms with van der Waals surface area (Å²) in [6, 6.07) is 4.79. The zero-order valence-corrected chi connectivity index (χ0v) is 14.3. The van der Waals surface area contributed by atoms with Crippen LogP contribution in [0.1, 0.15) is 28.9 Å². The van der Waals surface area contributed by atoms with E-state index < -0.39 is 0 Å². The minimum absolute atomic E-state index is 0.108. The number of hydrogen-bond acceptors (Lipinski definition) is 3. The number of likely N-dealkylation sites (tertiary alicyclic amines) is 1. The summed E-state index contributed by atoms with van der Waals surface area (Å²) in [5.74, 6) is -0.991. The highest BCUT2D eigenvalue weighted by molar-refractivity contribution is 6.00. The number of benzene rings is 1. The number of aryl methyl sites for hydroxylation is 1. The van der Waals surface area contributed by atoms with Crippen molar-refractivity contribution in [1.29, 1.82) is 0 Å². The summed E-state index contributed by atoms with van der Waals surface area (Å²) in [5, 5.41) is 3.57. The summed E-state index contributed by atoms with van der Waals surface area (Å²) in [4.78, 5) is 28.7. The van der Waals surface area contributed by atoms with Crippen LogP contribution in [0.5, 0.6) is 0 Å². The Labute approximate surface area is 145 Å². The molecule has 0 aliphatic carbocycles. The number of fused-ring (bicyclic) bond motifs is 1. The van der Waals surface area contributed by atoms with Crippen LogP contribution in [0, 0.1) is 18.7 Å². The summed E-state index contributed by atoms with van der Waals surface area (Å²) < 4.78 is 13.8. The number of aromatic amines is 1. The van der Waals surface area contributed by atoms with E-state index >= 15 is 0 Å². The van der Waals surface area contributed by atoms with Gasteiger partial charge in [-0.25, -0.2) is 4.39 Å². The molecule has 1 atom stereocenters. The minimum Gasteiger partial charge on any atom is -0.369 e. The van der Waals surface area contributed by atoms with Gasteiger partial charge in [0.2, 0.25) is 5.91 Å². The second-order valence-electron chi connectivity index (χ2n) is 6.59. The van der Waals surface area contributed by atoms with Gasteiger partial charge in [-0.15, -0.1) is 0 Å². The fourth-order valence-corrected chi connectivity index (χ4v) is 3.45. The van der Waals surface area contributed by atoms with Crippen molar-refractivity contribution in [2.45, 2.75) is 19.8 Å². The van der Waals surface area contributed by atoms with E-state index in [9.17, 15) is 14.0 Å². The third-order valence-electron chi connectivity index (χ3n) is 4.89. The average Bonchev–Trinajstić information content (AvgIpc) is 2.94. The molecule has 1 aliphatic rings. The van der Waals surface area contributed by atoms with Gasteiger partial charge in [0, 0.05) is 25.0 Å². The highest BCUT2D eigenvalue weighted by atomic mass is 19.1.